The smallest absolute Gasteiger partial charge is 0.258 e. The normalized spacial score (nSPS) is 14.6. The zero-order chi connectivity index (χ0) is 17.2. The molecule has 2 heterocycles. The quantitative estimate of drug-likeness (QED) is 0.395. The second kappa shape index (κ2) is 7.10. The molecule has 0 saturated carbocycles. The van der Waals surface area contributed by atoms with Crippen molar-refractivity contribution in [1.29, 1.82) is 0 Å². The molecule has 3 nitrogen and oxygen atoms in total. The fourth-order valence-electron chi connectivity index (χ4n) is 3.25. The van der Waals surface area contributed by atoms with Crippen molar-refractivity contribution in [3.63, 3.8) is 0 Å². The maximum Gasteiger partial charge on any atom is 0.270 e. The van der Waals surface area contributed by atoms with E-state index < -0.39 is 0 Å². The highest BCUT2D eigenvalue weighted by atomic mass is 32.2. The van der Waals surface area contributed by atoms with Crippen molar-refractivity contribution in [2.24, 2.45) is 0 Å². The van der Waals surface area contributed by atoms with Gasteiger partial charge in [-0.25, -0.2) is 0 Å². The van der Waals surface area contributed by atoms with E-state index in [0.29, 0.717) is 0 Å². The molecule has 5 heteroatoms. The van der Waals surface area contributed by atoms with E-state index in [-0.39, 0.29) is 10.6 Å². The molecule has 0 N–H and O–H groups in total. The minimum Gasteiger partial charge on any atom is -0.258 e. The predicted molar refractivity (Wildman–Crippen MR) is 107 cm³/mol. The lowest BCUT2D eigenvalue weighted by atomic mass is 10.0. The second-order valence-electron chi connectivity index (χ2n) is 6.18. The van der Waals surface area contributed by atoms with Gasteiger partial charge in [0, 0.05) is 35.1 Å². The highest BCUT2D eigenvalue weighted by Crippen LogP contribution is 2.32. The molecule has 0 atom stereocenters. The largest absolute Gasteiger partial charge is 0.270 e. The molecule has 25 heavy (non-hydrogen) atoms. The van der Waals surface area contributed by atoms with Gasteiger partial charge in [0.2, 0.25) is 0 Å². The number of fused-ring (bicyclic) bond motifs is 5. The molecule has 126 valence electrons. The first-order valence-corrected chi connectivity index (χ1v) is 10.4. The van der Waals surface area contributed by atoms with Crippen molar-refractivity contribution in [2.75, 3.05) is 0 Å². The van der Waals surface area contributed by atoms with Gasteiger partial charge in [-0.3, -0.25) is 10.1 Å². The van der Waals surface area contributed by atoms with Crippen LogP contribution >= 0.6 is 23.5 Å². The van der Waals surface area contributed by atoms with E-state index in [1.54, 1.807) is 12.1 Å². The summed E-state index contributed by atoms with van der Waals surface area (Å²) in [4.78, 5) is 10.9. The zero-order valence-electron chi connectivity index (χ0n) is 13.6. The van der Waals surface area contributed by atoms with Gasteiger partial charge < -0.3 is 0 Å². The number of hydrogen-bond acceptors (Lipinski definition) is 4. The summed E-state index contributed by atoms with van der Waals surface area (Å²) in [6.07, 6.45) is 0. The molecule has 5 rings (SSSR count). The van der Waals surface area contributed by atoms with Crippen molar-refractivity contribution in [3.8, 4) is 0 Å². The molecule has 0 aromatic heterocycles. The van der Waals surface area contributed by atoms with Crippen LogP contribution in [-0.4, -0.2) is 4.92 Å². The van der Waals surface area contributed by atoms with Crippen molar-refractivity contribution >= 4 is 40.0 Å². The number of benzene rings is 3. The summed E-state index contributed by atoms with van der Waals surface area (Å²) in [7, 11) is 0. The Morgan fingerprint density at radius 3 is 1.76 bits per heavy atom. The second-order valence-corrected chi connectivity index (χ2v) is 8.15. The molecular formula is C20H17NO2S2. The molecule has 0 spiro atoms. The highest BCUT2D eigenvalue weighted by Gasteiger charge is 2.12. The third-order valence-electron chi connectivity index (χ3n) is 4.41. The Morgan fingerprint density at radius 2 is 1.28 bits per heavy atom. The van der Waals surface area contributed by atoms with E-state index in [4.69, 9.17) is 0 Å². The Hall–Kier alpha value is -1.98. The van der Waals surface area contributed by atoms with E-state index in [0.717, 1.165) is 34.1 Å². The molecular weight excluding hydrogens is 350 g/mol. The summed E-state index contributed by atoms with van der Waals surface area (Å²) in [5, 5.41) is 13.9. The van der Waals surface area contributed by atoms with Crippen LogP contribution in [0.4, 0.5) is 5.69 Å². The van der Waals surface area contributed by atoms with Crippen molar-refractivity contribution < 1.29 is 4.92 Å². The molecule has 0 radical (unpaired) electrons. The minimum atomic E-state index is -0.287. The molecule has 3 aromatic rings. The van der Waals surface area contributed by atoms with Crippen LogP contribution in [0.3, 0.4) is 0 Å². The molecule has 0 fully saturated rings. The number of nitrogens with zero attached hydrogens (tertiary/aromatic N) is 1. The number of rotatable bonds is 1. The molecule has 0 amide bonds. The van der Waals surface area contributed by atoms with Crippen molar-refractivity contribution in [3.05, 3.63) is 87.0 Å². The average molecular weight is 367 g/mol. The summed E-state index contributed by atoms with van der Waals surface area (Å²) in [6.45, 7) is 0. The van der Waals surface area contributed by atoms with Crippen LogP contribution in [0.2, 0.25) is 0 Å². The van der Waals surface area contributed by atoms with Gasteiger partial charge in [0.05, 0.1) is 4.92 Å². The third-order valence-corrected chi connectivity index (χ3v) is 6.51. The molecule has 4 bridgehead atoms. The zero-order valence-corrected chi connectivity index (χ0v) is 15.2. The van der Waals surface area contributed by atoms with Crippen molar-refractivity contribution in [1.82, 2.24) is 0 Å². The first-order valence-electron chi connectivity index (χ1n) is 8.13. The van der Waals surface area contributed by atoms with Gasteiger partial charge in [-0.1, -0.05) is 42.5 Å². The van der Waals surface area contributed by atoms with Crippen LogP contribution in [0.15, 0.2) is 54.6 Å². The highest BCUT2D eigenvalue weighted by molar-refractivity contribution is 7.98. The van der Waals surface area contributed by atoms with Gasteiger partial charge >= 0.3 is 0 Å². The SMILES string of the molecule is O=[N+]([O-])c1cc2cc(c1)CSCc1ccc(c3ccccc13)CSC2. The molecule has 2 aliphatic rings. The van der Waals surface area contributed by atoms with Crippen LogP contribution in [0.5, 0.6) is 0 Å². The average Bonchev–Trinajstić information content (AvgIpc) is 2.64. The lowest BCUT2D eigenvalue weighted by Crippen LogP contribution is -1.93. The third kappa shape index (κ3) is 3.53. The standard InChI is InChI=1S/C20H17NO2S2/c22-21(23)18-8-14-7-15(9-18)11-25-13-17-6-5-16(12-24-10-14)19-3-1-2-4-20(17)19/h1-9H,10-13H2. The summed E-state index contributed by atoms with van der Waals surface area (Å²) in [6, 6.07) is 18.6. The number of thioether (sulfide) groups is 2. The van der Waals surface area contributed by atoms with Gasteiger partial charge in [0.15, 0.2) is 0 Å². The molecule has 2 aliphatic heterocycles. The fourth-order valence-corrected chi connectivity index (χ4v) is 5.20. The Morgan fingerprint density at radius 1 is 0.760 bits per heavy atom. The topological polar surface area (TPSA) is 43.1 Å². The van der Waals surface area contributed by atoms with Crippen LogP contribution in [0.25, 0.3) is 10.8 Å². The van der Waals surface area contributed by atoms with E-state index >= 15 is 0 Å². The number of nitro benzene ring substituents is 1. The first kappa shape index (κ1) is 16.5. The summed E-state index contributed by atoms with van der Waals surface area (Å²) < 4.78 is 0. The monoisotopic (exact) mass is 367 g/mol. The number of nitro groups is 1. The fraction of sp³-hybridized carbons (Fsp3) is 0.200. The summed E-state index contributed by atoms with van der Waals surface area (Å²) in [5.74, 6) is 3.39. The van der Waals surface area contributed by atoms with E-state index in [1.165, 1.54) is 21.9 Å². The van der Waals surface area contributed by atoms with E-state index in [9.17, 15) is 10.1 Å². The van der Waals surface area contributed by atoms with Gasteiger partial charge in [0.25, 0.3) is 5.69 Å². The lowest BCUT2D eigenvalue weighted by molar-refractivity contribution is -0.385. The maximum atomic E-state index is 11.2. The van der Waals surface area contributed by atoms with Gasteiger partial charge in [-0.15, -0.1) is 0 Å². The van der Waals surface area contributed by atoms with E-state index in [2.05, 4.69) is 42.5 Å². The first-order chi connectivity index (χ1) is 12.2. The van der Waals surface area contributed by atoms with Gasteiger partial charge in [-0.2, -0.15) is 23.5 Å². The Balaban J connectivity index is 1.74. The molecule has 0 saturated heterocycles. The molecule has 3 aromatic carbocycles. The lowest BCUT2D eigenvalue weighted by Gasteiger charge is -2.10. The number of hydrogen-bond donors (Lipinski definition) is 0. The van der Waals surface area contributed by atoms with Crippen LogP contribution in [0, 0.1) is 10.1 Å². The maximum absolute atomic E-state index is 11.2. The van der Waals surface area contributed by atoms with Crippen LogP contribution in [-0.2, 0) is 23.0 Å². The van der Waals surface area contributed by atoms with Crippen LogP contribution in [0.1, 0.15) is 22.3 Å². The minimum absolute atomic E-state index is 0.202. The van der Waals surface area contributed by atoms with E-state index in [1.807, 2.05) is 23.5 Å². The molecule has 0 aliphatic carbocycles. The Kier molecular flexibility index (Phi) is 4.68. The van der Waals surface area contributed by atoms with Crippen molar-refractivity contribution in [2.45, 2.75) is 23.0 Å². The predicted octanol–water partition coefficient (Wildman–Crippen LogP) is 5.93. The molecule has 0 unspecified atom stereocenters. The summed E-state index contributed by atoms with van der Waals surface area (Å²) >= 11 is 3.62. The number of non-ortho nitro benzene ring substituents is 1. The van der Waals surface area contributed by atoms with Gasteiger partial charge in [0.1, 0.15) is 0 Å². The van der Waals surface area contributed by atoms with Gasteiger partial charge in [-0.05, 0) is 33.0 Å². The summed E-state index contributed by atoms with van der Waals surface area (Å²) in [5.41, 5.74) is 4.94. The van der Waals surface area contributed by atoms with Crippen LogP contribution < -0.4 is 0 Å². The Bertz CT molecular complexity index is 889. The Labute approximate surface area is 155 Å².